The molecule has 0 aromatic heterocycles. The maximum absolute atomic E-state index is 13.3. The molecule has 2 atom stereocenters. The Morgan fingerprint density at radius 1 is 1.50 bits per heavy atom. The monoisotopic (exact) mass is 263 g/mol. The third-order valence-electron chi connectivity index (χ3n) is 3.76. The number of rotatable bonds is 3. The van der Waals surface area contributed by atoms with Crippen LogP contribution in [0, 0.1) is 5.92 Å². The predicted octanol–water partition coefficient (Wildman–Crippen LogP) is 1.60. The van der Waals surface area contributed by atoms with Crippen molar-refractivity contribution in [2.75, 3.05) is 26.3 Å². The maximum atomic E-state index is 13.3. The van der Waals surface area contributed by atoms with Crippen LogP contribution in [-0.2, 0) is 9.53 Å². The number of nitrogens with zero attached hydrogens (tertiary/aromatic N) is 1. The van der Waals surface area contributed by atoms with Crippen molar-refractivity contribution in [1.29, 1.82) is 0 Å². The number of halogens is 2. The first kappa shape index (κ1) is 13.7. The zero-order chi connectivity index (χ0) is 13.2. The molecular weight excluding hydrogens is 244 g/mol. The topological polar surface area (TPSA) is 49.8 Å². The summed E-state index contributed by atoms with van der Waals surface area (Å²) in [6, 6.07) is -0.686. The van der Waals surface area contributed by atoms with Crippen LogP contribution in [0.25, 0.3) is 0 Å². The number of hydrogen-bond donors (Lipinski definition) is 1. The molecule has 1 aliphatic heterocycles. The molecule has 1 heterocycles. The summed E-state index contributed by atoms with van der Waals surface area (Å²) in [6.45, 7) is 1.58. The van der Waals surface area contributed by atoms with Gasteiger partial charge in [0.05, 0.1) is 13.2 Å². The van der Waals surface area contributed by atoms with E-state index in [4.69, 9.17) is 9.84 Å². The van der Waals surface area contributed by atoms with E-state index in [0.29, 0.717) is 26.1 Å². The third-order valence-corrected chi connectivity index (χ3v) is 3.76. The van der Waals surface area contributed by atoms with Crippen LogP contribution in [0.1, 0.15) is 25.7 Å². The van der Waals surface area contributed by atoms with E-state index in [1.54, 1.807) is 4.90 Å². The van der Waals surface area contributed by atoms with Crippen molar-refractivity contribution >= 4 is 5.97 Å². The highest BCUT2D eigenvalue weighted by Gasteiger charge is 2.38. The largest absolute Gasteiger partial charge is 0.480 e. The minimum atomic E-state index is -2.58. The number of aliphatic carboxylic acids is 1. The van der Waals surface area contributed by atoms with E-state index in [2.05, 4.69) is 0 Å². The third kappa shape index (κ3) is 3.38. The fourth-order valence-corrected chi connectivity index (χ4v) is 2.85. The molecule has 0 spiro atoms. The van der Waals surface area contributed by atoms with E-state index in [1.807, 2.05) is 0 Å². The number of alkyl halides is 2. The summed E-state index contributed by atoms with van der Waals surface area (Å²) in [5.41, 5.74) is 0. The lowest BCUT2D eigenvalue weighted by Crippen LogP contribution is -2.52. The fraction of sp³-hybridized carbons (Fsp3) is 0.917. The minimum Gasteiger partial charge on any atom is -0.480 e. The average Bonchev–Trinajstić information content (AvgIpc) is 2.28. The molecule has 0 radical (unpaired) electrons. The van der Waals surface area contributed by atoms with Gasteiger partial charge in [0, 0.05) is 25.9 Å². The molecule has 0 aromatic rings. The van der Waals surface area contributed by atoms with Crippen LogP contribution < -0.4 is 0 Å². The Bertz CT molecular complexity index is 312. The number of morpholine rings is 1. The van der Waals surface area contributed by atoms with Gasteiger partial charge in [-0.15, -0.1) is 0 Å². The molecule has 2 unspecified atom stereocenters. The van der Waals surface area contributed by atoms with E-state index in [9.17, 15) is 13.6 Å². The van der Waals surface area contributed by atoms with Gasteiger partial charge in [-0.1, -0.05) is 0 Å². The second-order valence-corrected chi connectivity index (χ2v) is 5.24. The zero-order valence-corrected chi connectivity index (χ0v) is 10.3. The molecular formula is C12H19F2NO3. The van der Waals surface area contributed by atoms with Crippen molar-refractivity contribution in [3.05, 3.63) is 0 Å². The standard InChI is InChI=1S/C12H19F2NO3/c13-12(14)3-1-2-9(6-12)7-15-4-5-18-8-10(15)11(16)17/h9-10H,1-8H2,(H,16,17). The van der Waals surface area contributed by atoms with E-state index >= 15 is 0 Å². The van der Waals surface area contributed by atoms with Gasteiger partial charge in [0.1, 0.15) is 6.04 Å². The van der Waals surface area contributed by atoms with Crippen molar-refractivity contribution < 1.29 is 23.4 Å². The van der Waals surface area contributed by atoms with E-state index in [0.717, 1.165) is 6.42 Å². The summed E-state index contributed by atoms with van der Waals surface area (Å²) < 4.78 is 31.7. The summed E-state index contributed by atoms with van der Waals surface area (Å²) in [7, 11) is 0. The highest BCUT2D eigenvalue weighted by atomic mass is 19.3. The van der Waals surface area contributed by atoms with Crippen LogP contribution >= 0.6 is 0 Å². The molecule has 104 valence electrons. The van der Waals surface area contributed by atoms with Crippen molar-refractivity contribution in [3.63, 3.8) is 0 Å². The molecule has 1 aliphatic carbocycles. The Labute approximate surface area is 105 Å². The van der Waals surface area contributed by atoms with Gasteiger partial charge in [-0.05, 0) is 18.8 Å². The van der Waals surface area contributed by atoms with Gasteiger partial charge in [-0.3, -0.25) is 9.69 Å². The van der Waals surface area contributed by atoms with Crippen LogP contribution in [0.5, 0.6) is 0 Å². The second kappa shape index (κ2) is 5.48. The normalized spacial score (nSPS) is 33.2. The number of ether oxygens (including phenoxy) is 1. The average molecular weight is 263 g/mol. The molecule has 6 heteroatoms. The first-order chi connectivity index (χ1) is 8.48. The predicted molar refractivity (Wildman–Crippen MR) is 60.7 cm³/mol. The number of hydrogen-bond acceptors (Lipinski definition) is 3. The summed E-state index contributed by atoms with van der Waals surface area (Å²) in [6.07, 6.45) is 1.14. The highest BCUT2D eigenvalue weighted by molar-refractivity contribution is 5.73. The Hall–Kier alpha value is -0.750. The molecule has 0 amide bonds. The molecule has 1 saturated heterocycles. The summed E-state index contributed by atoms with van der Waals surface area (Å²) in [5.74, 6) is -3.61. The van der Waals surface area contributed by atoms with Gasteiger partial charge in [-0.2, -0.15) is 0 Å². The lowest BCUT2D eigenvalue weighted by Gasteiger charge is -2.37. The van der Waals surface area contributed by atoms with Gasteiger partial charge in [-0.25, -0.2) is 8.78 Å². The van der Waals surface area contributed by atoms with Gasteiger partial charge in [0.2, 0.25) is 5.92 Å². The van der Waals surface area contributed by atoms with Crippen LogP contribution in [0.3, 0.4) is 0 Å². The maximum Gasteiger partial charge on any atom is 0.323 e. The van der Waals surface area contributed by atoms with Gasteiger partial charge >= 0.3 is 5.97 Å². The number of carbonyl (C=O) groups is 1. The number of carboxylic acids is 1. The number of carboxylic acid groups (broad SMARTS) is 1. The van der Waals surface area contributed by atoms with Crippen LogP contribution in [-0.4, -0.2) is 54.2 Å². The molecule has 2 aliphatic rings. The zero-order valence-electron chi connectivity index (χ0n) is 10.3. The molecule has 18 heavy (non-hydrogen) atoms. The molecule has 1 saturated carbocycles. The van der Waals surface area contributed by atoms with Crippen molar-refractivity contribution in [2.24, 2.45) is 5.92 Å². The second-order valence-electron chi connectivity index (χ2n) is 5.24. The first-order valence-corrected chi connectivity index (χ1v) is 6.40. The Kier molecular flexibility index (Phi) is 4.17. The van der Waals surface area contributed by atoms with E-state index < -0.39 is 17.9 Å². The van der Waals surface area contributed by atoms with Gasteiger partial charge in [0.25, 0.3) is 0 Å². The summed E-state index contributed by atoms with van der Waals surface area (Å²) in [4.78, 5) is 12.8. The van der Waals surface area contributed by atoms with Crippen molar-refractivity contribution in [1.82, 2.24) is 4.90 Å². The van der Waals surface area contributed by atoms with Crippen LogP contribution in [0.2, 0.25) is 0 Å². The van der Waals surface area contributed by atoms with Crippen molar-refractivity contribution in [3.8, 4) is 0 Å². The first-order valence-electron chi connectivity index (χ1n) is 6.40. The molecule has 4 nitrogen and oxygen atoms in total. The van der Waals surface area contributed by atoms with E-state index in [-0.39, 0.29) is 25.4 Å². The molecule has 1 N–H and O–H groups in total. The Morgan fingerprint density at radius 2 is 2.28 bits per heavy atom. The molecule has 0 bridgehead atoms. The Balaban J connectivity index is 1.92. The smallest absolute Gasteiger partial charge is 0.323 e. The molecule has 2 rings (SSSR count). The summed E-state index contributed by atoms with van der Waals surface area (Å²) >= 11 is 0. The quantitative estimate of drug-likeness (QED) is 0.840. The molecule has 0 aromatic carbocycles. The van der Waals surface area contributed by atoms with Crippen molar-refractivity contribution in [2.45, 2.75) is 37.6 Å². The highest BCUT2D eigenvalue weighted by Crippen LogP contribution is 2.37. The van der Waals surface area contributed by atoms with Crippen LogP contribution in [0.4, 0.5) is 8.78 Å². The van der Waals surface area contributed by atoms with Gasteiger partial charge in [0.15, 0.2) is 0 Å². The SMILES string of the molecule is O=C(O)C1COCCN1CC1CCCC(F)(F)C1. The van der Waals surface area contributed by atoms with E-state index in [1.165, 1.54) is 0 Å². The Morgan fingerprint density at radius 3 is 2.94 bits per heavy atom. The van der Waals surface area contributed by atoms with Gasteiger partial charge < -0.3 is 9.84 Å². The lowest BCUT2D eigenvalue weighted by atomic mass is 9.86. The van der Waals surface area contributed by atoms with Crippen LogP contribution in [0.15, 0.2) is 0 Å². The summed E-state index contributed by atoms with van der Waals surface area (Å²) in [5, 5.41) is 9.07. The molecule has 2 fully saturated rings. The fourth-order valence-electron chi connectivity index (χ4n) is 2.85. The lowest BCUT2D eigenvalue weighted by molar-refractivity contribution is -0.150. The minimum absolute atomic E-state index is 0.0328.